The number of benzene rings is 1. The van der Waals surface area contributed by atoms with Gasteiger partial charge in [0, 0.05) is 25.0 Å². The molecule has 0 radical (unpaired) electrons. The first kappa shape index (κ1) is 21.0. The summed E-state index contributed by atoms with van der Waals surface area (Å²) in [5, 5.41) is 0.498. The zero-order valence-corrected chi connectivity index (χ0v) is 16.4. The SMILES string of the molecule is COc1nc2c(c(=O)n(Cc3ccc(Cl)cc3)c(=O)n2CCCC(F)(F)F)n1C. The lowest BCUT2D eigenvalue weighted by atomic mass is 10.2. The molecule has 0 amide bonds. The third-order valence-electron chi connectivity index (χ3n) is 4.48. The molecule has 3 rings (SSSR count). The number of hydrogen-bond acceptors (Lipinski definition) is 4. The second kappa shape index (κ2) is 7.94. The number of rotatable bonds is 6. The highest BCUT2D eigenvalue weighted by Gasteiger charge is 2.27. The van der Waals surface area contributed by atoms with Crippen molar-refractivity contribution in [1.82, 2.24) is 18.7 Å². The predicted octanol–water partition coefficient (Wildman–Crippen LogP) is 2.95. The molecule has 0 aliphatic rings. The molecule has 2 aromatic heterocycles. The second-order valence-corrected chi connectivity index (χ2v) is 6.94. The van der Waals surface area contributed by atoms with Crippen LogP contribution in [0.25, 0.3) is 11.2 Å². The molecule has 7 nitrogen and oxygen atoms in total. The van der Waals surface area contributed by atoms with E-state index in [2.05, 4.69) is 4.98 Å². The Labute approximate surface area is 167 Å². The van der Waals surface area contributed by atoms with Crippen molar-refractivity contribution >= 4 is 22.8 Å². The van der Waals surface area contributed by atoms with Crippen LogP contribution in [-0.4, -0.2) is 32.0 Å². The zero-order chi connectivity index (χ0) is 21.3. The summed E-state index contributed by atoms with van der Waals surface area (Å²) in [6.45, 7) is -0.298. The number of halogens is 4. The Bertz CT molecular complexity index is 1150. The summed E-state index contributed by atoms with van der Waals surface area (Å²) >= 11 is 5.86. The van der Waals surface area contributed by atoms with Crippen molar-refractivity contribution in [2.45, 2.75) is 32.1 Å². The summed E-state index contributed by atoms with van der Waals surface area (Å²) in [7, 11) is 2.88. The first-order valence-electron chi connectivity index (χ1n) is 8.67. The number of ether oxygens (including phenoxy) is 1. The Morgan fingerprint density at radius 1 is 1.14 bits per heavy atom. The van der Waals surface area contributed by atoms with E-state index in [4.69, 9.17) is 16.3 Å². The summed E-state index contributed by atoms with van der Waals surface area (Å²) in [4.78, 5) is 30.1. The molecule has 3 aromatic rings. The van der Waals surface area contributed by atoms with Gasteiger partial charge in [-0.15, -0.1) is 0 Å². The Balaban J connectivity index is 2.15. The fourth-order valence-electron chi connectivity index (χ4n) is 3.08. The van der Waals surface area contributed by atoms with Gasteiger partial charge in [-0.05, 0) is 24.1 Å². The van der Waals surface area contributed by atoms with Crippen molar-refractivity contribution in [3.63, 3.8) is 0 Å². The highest BCUT2D eigenvalue weighted by Crippen LogP contribution is 2.22. The standard InChI is InChI=1S/C18H18ClF3N4O3/c1-24-13-14(23-16(24)29-2)25(9-3-8-18(20,21)22)17(28)26(15(13)27)10-11-4-6-12(19)7-5-11/h4-7H,3,8-10H2,1-2H3. The van der Waals surface area contributed by atoms with Crippen LogP contribution in [0, 0.1) is 0 Å². The van der Waals surface area contributed by atoms with Gasteiger partial charge < -0.3 is 4.74 Å². The van der Waals surface area contributed by atoms with E-state index < -0.39 is 23.8 Å². The van der Waals surface area contributed by atoms with E-state index in [-0.39, 0.29) is 36.7 Å². The molecular formula is C18H18ClF3N4O3. The monoisotopic (exact) mass is 430 g/mol. The lowest BCUT2D eigenvalue weighted by Crippen LogP contribution is -2.41. The molecule has 29 heavy (non-hydrogen) atoms. The van der Waals surface area contributed by atoms with Gasteiger partial charge in [0.05, 0.1) is 13.7 Å². The van der Waals surface area contributed by atoms with Crippen LogP contribution in [-0.2, 0) is 20.1 Å². The fourth-order valence-corrected chi connectivity index (χ4v) is 3.20. The third-order valence-corrected chi connectivity index (χ3v) is 4.73. The van der Waals surface area contributed by atoms with Crippen LogP contribution in [0.15, 0.2) is 33.9 Å². The topological polar surface area (TPSA) is 71.1 Å². The van der Waals surface area contributed by atoms with Gasteiger partial charge in [0.15, 0.2) is 11.2 Å². The number of nitrogens with zero attached hydrogens (tertiary/aromatic N) is 4. The average molecular weight is 431 g/mol. The van der Waals surface area contributed by atoms with E-state index in [1.807, 2.05) is 0 Å². The van der Waals surface area contributed by atoms with E-state index in [9.17, 15) is 22.8 Å². The molecule has 0 saturated carbocycles. The number of aromatic nitrogens is 4. The van der Waals surface area contributed by atoms with Crippen molar-refractivity contribution in [2.75, 3.05) is 7.11 Å². The van der Waals surface area contributed by atoms with E-state index >= 15 is 0 Å². The van der Waals surface area contributed by atoms with E-state index in [0.717, 1.165) is 9.13 Å². The van der Waals surface area contributed by atoms with Crippen LogP contribution in [0.2, 0.25) is 5.02 Å². The molecule has 0 unspecified atom stereocenters. The van der Waals surface area contributed by atoms with E-state index in [0.29, 0.717) is 10.6 Å². The van der Waals surface area contributed by atoms with Gasteiger partial charge in [-0.25, -0.2) is 4.79 Å². The maximum atomic E-state index is 13.0. The molecular weight excluding hydrogens is 413 g/mol. The Kier molecular flexibility index (Phi) is 5.74. The van der Waals surface area contributed by atoms with Gasteiger partial charge in [-0.3, -0.25) is 18.5 Å². The number of aryl methyl sites for hydroxylation is 2. The van der Waals surface area contributed by atoms with Crippen LogP contribution < -0.4 is 16.0 Å². The molecule has 0 atom stereocenters. The van der Waals surface area contributed by atoms with E-state index in [1.165, 1.54) is 18.7 Å². The molecule has 156 valence electrons. The minimum atomic E-state index is -4.34. The lowest BCUT2D eigenvalue weighted by molar-refractivity contribution is -0.135. The molecule has 0 fully saturated rings. The van der Waals surface area contributed by atoms with Crippen LogP contribution in [0.3, 0.4) is 0 Å². The van der Waals surface area contributed by atoms with Crippen molar-refractivity contribution in [3.05, 3.63) is 55.7 Å². The summed E-state index contributed by atoms with van der Waals surface area (Å²) in [5.41, 5.74) is -0.633. The molecule has 0 bridgehead atoms. The molecule has 0 aliphatic heterocycles. The molecule has 0 spiro atoms. The lowest BCUT2D eigenvalue weighted by Gasteiger charge is -2.12. The summed E-state index contributed by atoms with van der Waals surface area (Å²) in [6.07, 6.45) is -5.72. The minimum Gasteiger partial charge on any atom is -0.468 e. The summed E-state index contributed by atoms with van der Waals surface area (Å²) < 4.78 is 46.2. The molecule has 0 saturated heterocycles. The van der Waals surface area contributed by atoms with Gasteiger partial charge in [0.25, 0.3) is 11.6 Å². The van der Waals surface area contributed by atoms with Crippen LogP contribution >= 0.6 is 11.6 Å². The molecule has 0 aliphatic carbocycles. The number of methoxy groups -OCH3 is 1. The normalized spacial score (nSPS) is 11.9. The van der Waals surface area contributed by atoms with Gasteiger partial charge in [-0.2, -0.15) is 18.2 Å². The molecule has 1 aromatic carbocycles. The first-order valence-corrected chi connectivity index (χ1v) is 9.05. The molecule has 0 N–H and O–H groups in total. The first-order chi connectivity index (χ1) is 13.6. The number of fused-ring (bicyclic) bond motifs is 1. The summed E-state index contributed by atoms with van der Waals surface area (Å²) in [5.74, 6) is 0. The highest BCUT2D eigenvalue weighted by molar-refractivity contribution is 6.30. The zero-order valence-electron chi connectivity index (χ0n) is 15.7. The predicted molar refractivity (Wildman–Crippen MR) is 102 cm³/mol. The van der Waals surface area contributed by atoms with Gasteiger partial charge in [0.2, 0.25) is 0 Å². The van der Waals surface area contributed by atoms with Crippen molar-refractivity contribution in [2.24, 2.45) is 7.05 Å². The largest absolute Gasteiger partial charge is 0.468 e. The molecule has 2 heterocycles. The number of alkyl halides is 3. The second-order valence-electron chi connectivity index (χ2n) is 6.50. The van der Waals surface area contributed by atoms with Crippen LogP contribution in [0.1, 0.15) is 18.4 Å². The average Bonchev–Trinajstić information content (AvgIpc) is 2.98. The smallest absolute Gasteiger partial charge is 0.389 e. The number of imidazole rings is 1. The maximum absolute atomic E-state index is 13.0. The summed E-state index contributed by atoms with van der Waals surface area (Å²) in [6, 6.07) is 6.64. The maximum Gasteiger partial charge on any atom is 0.389 e. The third kappa shape index (κ3) is 4.31. The Morgan fingerprint density at radius 3 is 2.38 bits per heavy atom. The minimum absolute atomic E-state index is 0.00567. The van der Waals surface area contributed by atoms with E-state index in [1.54, 1.807) is 24.3 Å². The van der Waals surface area contributed by atoms with Gasteiger partial charge >= 0.3 is 11.9 Å². The highest BCUT2D eigenvalue weighted by atomic mass is 35.5. The number of hydrogen-bond donors (Lipinski definition) is 0. The molecule has 11 heteroatoms. The van der Waals surface area contributed by atoms with Crippen molar-refractivity contribution < 1.29 is 17.9 Å². The van der Waals surface area contributed by atoms with Crippen LogP contribution in [0.5, 0.6) is 6.01 Å². The van der Waals surface area contributed by atoms with Crippen molar-refractivity contribution in [1.29, 1.82) is 0 Å². The quantitative estimate of drug-likeness (QED) is 0.603. The fraction of sp³-hybridized carbons (Fsp3) is 0.389. The van der Waals surface area contributed by atoms with Gasteiger partial charge in [-0.1, -0.05) is 23.7 Å². The Hall–Kier alpha value is -2.75. The van der Waals surface area contributed by atoms with Crippen molar-refractivity contribution in [3.8, 4) is 6.01 Å². The Morgan fingerprint density at radius 2 is 1.79 bits per heavy atom. The van der Waals surface area contributed by atoms with Crippen LogP contribution in [0.4, 0.5) is 13.2 Å². The van der Waals surface area contributed by atoms with Gasteiger partial charge in [0.1, 0.15) is 0 Å².